The lowest BCUT2D eigenvalue weighted by molar-refractivity contribution is -0.127. The molecule has 2 aliphatic rings. The number of aromatic nitrogens is 1. The van der Waals surface area contributed by atoms with Gasteiger partial charge in [0.15, 0.2) is 0 Å². The van der Waals surface area contributed by atoms with Crippen LogP contribution in [-0.2, 0) is 11.3 Å². The van der Waals surface area contributed by atoms with Crippen LogP contribution in [0.25, 0.3) is 0 Å². The second-order valence-corrected chi connectivity index (χ2v) is 6.73. The molecule has 4 nitrogen and oxygen atoms in total. The first-order valence-electron chi connectivity index (χ1n) is 8.38. The third-order valence-corrected chi connectivity index (χ3v) is 5.30. The largest absolute Gasteiger partial charge is 0.352 e. The lowest BCUT2D eigenvalue weighted by Gasteiger charge is -2.38. The number of fused-ring (bicyclic) bond motifs is 1. The summed E-state index contributed by atoms with van der Waals surface area (Å²) in [7, 11) is 0. The van der Waals surface area contributed by atoms with E-state index in [1.165, 1.54) is 38.3 Å². The van der Waals surface area contributed by atoms with Crippen molar-refractivity contribution < 1.29 is 4.79 Å². The smallest absolute Gasteiger partial charge is 0.223 e. The van der Waals surface area contributed by atoms with Crippen molar-refractivity contribution in [1.82, 2.24) is 10.3 Å². The fourth-order valence-electron chi connectivity index (χ4n) is 4.09. The van der Waals surface area contributed by atoms with Gasteiger partial charge in [0.2, 0.25) is 5.91 Å². The van der Waals surface area contributed by atoms with Crippen molar-refractivity contribution in [3.63, 3.8) is 0 Å². The van der Waals surface area contributed by atoms with Crippen LogP contribution in [-0.4, -0.2) is 10.9 Å². The van der Waals surface area contributed by atoms with E-state index in [-0.39, 0.29) is 11.8 Å². The summed E-state index contributed by atoms with van der Waals surface area (Å²) in [5.41, 5.74) is 1.42. The van der Waals surface area contributed by atoms with Gasteiger partial charge >= 0.3 is 0 Å². The Labute approximate surface area is 131 Å². The molecule has 4 heteroatoms. The number of nitrogens with one attached hydrogen (secondary N) is 1. The normalized spacial score (nSPS) is 27.5. The van der Waals surface area contributed by atoms with Crippen LogP contribution in [0.5, 0.6) is 0 Å². The highest BCUT2D eigenvalue weighted by atomic mass is 16.1. The first-order chi connectivity index (χ1) is 10.8. The maximum Gasteiger partial charge on any atom is 0.223 e. The van der Waals surface area contributed by atoms with E-state index in [1.807, 2.05) is 0 Å². The first-order valence-corrected chi connectivity index (χ1v) is 8.38. The highest BCUT2D eigenvalue weighted by Crippen LogP contribution is 2.42. The van der Waals surface area contributed by atoms with Gasteiger partial charge < -0.3 is 5.32 Å². The quantitative estimate of drug-likeness (QED) is 0.932. The zero-order valence-corrected chi connectivity index (χ0v) is 12.9. The number of hydrogen-bond acceptors (Lipinski definition) is 3. The molecular formula is C18H23N3O. The average molecular weight is 297 g/mol. The van der Waals surface area contributed by atoms with Crippen molar-refractivity contribution in [1.29, 1.82) is 5.26 Å². The maximum absolute atomic E-state index is 12.4. The van der Waals surface area contributed by atoms with Crippen LogP contribution in [0, 0.1) is 29.1 Å². The van der Waals surface area contributed by atoms with E-state index in [0.29, 0.717) is 12.1 Å². The summed E-state index contributed by atoms with van der Waals surface area (Å²) in [5.74, 6) is 1.98. The minimum atomic E-state index is 0.173. The molecule has 1 aromatic rings. The minimum absolute atomic E-state index is 0.173. The van der Waals surface area contributed by atoms with Gasteiger partial charge in [-0.05, 0) is 42.7 Å². The SMILES string of the molecule is N#Cc1cncc(CNC(=O)C2CCC3CCCCC3C2)c1. The Hall–Kier alpha value is -1.89. The van der Waals surface area contributed by atoms with E-state index in [2.05, 4.69) is 16.4 Å². The third kappa shape index (κ3) is 3.47. The topological polar surface area (TPSA) is 65.8 Å². The van der Waals surface area contributed by atoms with Crippen molar-refractivity contribution in [2.24, 2.45) is 17.8 Å². The van der Waals surface area contributed by atoms with Gasteiger partial charge in [0.25, 0.3) is 0 Å². The highest BCUT2D eigenvalue weighted by Gasteiger charge is 2.34. The standard InChI is InChI=1S/C18H23N3O/c19-9-13-7-14(11-20-10-13)12-21-18(22)17-6-5-15-3-1-2-4-16(15)8-17/h7,10-11,15-17H,1-6,8,12H2,(H,21,22). The van der Waals surface area contributed by atoms with Crippen LogP contribution >= 0.6 is 0 Å². The zero-order valence-electron chi connectivity index (χ0n) is 12.9. The van der Waals surface area contributed by atoms with Gasteiger partial charge in [-0.2, -0.15) is 5.26 Å². The summed E-state index contributed by atoms with van der Waals surface area (Å²) < 4.78 is 0. The molecule has 0 aromatic carbocycles. The number of nitriles is 1. The molecule has 0 saturated heterocycles. The summed E-state index contributed by atoms with van der Waals surface area (Å²) >= 11 is 0. The number of carbonyl (C=O) groups excluding carboxylic acids is 1. The summed E-state index contributed by atoms with van der Waals surface area (Å²) in [4.78, 5) is 16.4. The molecule has 3 atom stereocenters. The van der Waals surface area contributed by atoms with Crippen molar-refractivity contribution >= 4 is 5.91 Å². The highest BCUT2D eigenvalue weighted by molar-refractivity contribution is 5.78. The number of carbonyl (C=O) groups is 1. The molecule has 1 N–H and O–H groups in total. The third-order valence-electron chi connectivity index (χ3n) is 5.30. The molecule has 0 radical (unpaired) electrons. The summed E-state index contributed by atoms with van der Waals surface area (Å²) in [6.07, 6.45) is 11.9. The Morgan fingerprint density at radius 3 is 2.86 bits per heavy atom. The number of hydrogen-bond donors (Lipinski definition) is 1. The number of nitrogens with zero attached hydrogens (tertiary/aromatic N) is 2. The second kappa shape index (κ2) is 6.91. The van der Waals surface area contributed by atoms with E-state index >= 15 is 0 Å². The lowest BCUT2D eigenvalue weighted by atomic mass is 9.67. The van der Waals surface area contributed by atoms with E-state index < -0.39 is 0 Å². The second-order valence-electron chi connectivity index (χ2n) is 6.73. The van der Waals surface area contributed by atoms with Gasteiger partial charge in [-0.15, -0.1) is 0 Å². The van der Waals surface area contributed by atoms with Crippen LogP contribution in [0.4, 0.5) is 0 Å². The Morgan fingerprint density at radius 1 is 1.23 bits per heavy atom. The maximum atomic E-state index is 12.4. The van der Waals surface area contributed by atoms with Gasteiger partial charge in [-0.3, -0.25) is 9.78 Å². The molecule has 2 aliphatic carbocycles. The summed E-state index contributed by atoms with van der Waals surface area (Å²) in [6, 6.07) is 3.86. The molecule has 2 saturated carbocycles. The van der Waals surface area contributed by atoms with E-state index in [4.69, 9.17) is 5.26 Å². The Morgan fingerprint density at radius 2 is 2.05 bits per heavy atom. The predicted molar refractivity (Wildman–Crippen MR) is 83.6 cm³/mol. The molecule has 116 valence electrons. The monoisotopic (exact) mass is 297 g/mol. The van der Waals surface area contributed by atoms with Gasteiger partial charge in [0, 0.05) is 24.9 Å². The Kier molecular flexibility index (Phi) is 4.72. The molecule has 0 spiro atoms. The van der Waals surface area contributed by atoms with Crippen molar-refractivity contribution in [3.05, 3.63) is 29.6 Å². The summed E-state index contributed by atoms with van der Waals surface area (Å²) in [5, 5.41) is 11.9. The zero-order chi connectivity index (χ0) is 15.4. The van der Waals surface area contributed by atoms with Crippen molar-refractivity contribution in [3.8, 4) is 6.07 Å². The van der Waals surface area contributed by atoms with E-state index in [9.17, 15) is 4.79 Å². The number of pyridine rings is 1. The Bertz CT molecular complexity index is 578. The van der Waals surface area contributed by atoms with Gasteiger partial charge in [0.05, 0.1) is 5.56 Å². The molecule has 2 fully saturated rings. The summed E-state index contributed by atoms with van der Waals surface area (Å²) in [6.45, 7) is 0.464. The Balaban J connectivity index is 1.52. The first kappa shape index (κ1) is 15.0. The average Bonchev–Trinajstić information content (AvgIpc) is 2.59. The van der Waals surface area contributed by atoms with Gasteiger partial charge in [-0.1, -0.05) is 25.7 Å². The molecule has 22 heavy (non-hydrogen) atoms. The van der Waals surface area contributed by atoms with E-state index in [1.54, 1.807) is 12.3 Å². The number of amides is 1. The molecule has 1 aromatic heterocycles. The molecule has 3 unspecified atom stereocenters. The van der Waals surface area contributed by atoms with E-state index in [0.717, 1.165) is 30.2 Å². The lowest BCUT2D eigenvalue weighted by Crippen LogP contribution is -2.37. The van der Waals surface area contributed by atoms with Crippen LogP contribution in [0.3, 0.4) is 0 Å². The fraction of sp³-hybridized carbons (Fsp3) is 0.611. The van der Waals surface area contributed by atoms with Crippen LogP contribution in [0.1, 0.15) is 56.1 Å². The number of rotatable bonds is 3. The molecule has 0 aliphatic heterocycles. The van der Waals surface area contributed by atoms with Crippen LogP contribution in [0.15, 0.2) is 18.5 Å². The molecule has 1 amide bonds. The van der Waals surface area contributed by atoms with Crippen molar-refractivity contribution in [2.75, 3.05) is 0 Å². The molecule has 1 heterocycles. The molecular weight excluding hydrogens is 274 g/mol. The fourth-order valence-corrected chi connectivity index (χ4v) is 4.09. The van der Waals surface area contributed by atoms with Crippen molar-refractivity contribution in [2.45, 2.75) is 51.5 Å². The van der Waals surface area contributed by atoms with Crippen LogP contribution in [0.2, 0.25) is 0 Å². The minimum Gasteiger partial charge on any atom is -0.352 e. The van der Waals surface area contributed by atoms with Crippen LogP contribution < -0.4 is 5.32 Å². The van der Waals surface area contributed by atoms with Gasteiger partial charge in [-0.25, -0.2) is 0 Å². The molecule has 3 rings (SSSR count). The predicted octanol–water partition coefficient (Wildman–Crippen LogP) is 3.18. The molecule has 0 bridgehead atoms. The van der Waals surface area contributed by atoms with Gasteiger partial charge in [0.1, 0.15) is 6.07 Å².